The average molecular weight is 421 g/mol. The molecule has 5 rings (SSSR count). The van der Waals surface area contributed by atoms with E-state index in [0.29, 0.717) is 0 Å². The molecule has 0 saturated carbocycles. The molecule has 0 saturated heterocycles. The van der Waals surface area contributed by atoms with Crippen molar-refractivity contribution in [2.24, 2.45) is 0 Å². The molecule has 0 aliphatic carbocycles. The third-order valence-electron chi connectivity index (χ3n) is 5.77. The van der Waals surface area contributed by atoms with Gasteiger partial charge in [0.05, 0.1) is 18.0 Å². The van der Waals surface area contributed by atoms with Crippen molar-refractivity contribution in [2.75, 3.05) is 13.7 Å². The van der Waals surface area contributed by atoms with Gasteiger partial charge in [0, 0.05) is 19.5 Å². The molecule has 2 aromatic carbocycles. The highest BCUT2D eigenvalue weighted by atomic mass is 32.1. The van der Waals surface area contributed by atoms with Crippen LogP contribution in [0.4, 0.5) is 0 Å². The summed E-state index contributed by atoms with van der Waals surface area (Å²) >= 11 is 1.51. The maximum atomic E-state index is 11.1. The highest BCUT2D eigenvalue weighted by Crippen LogP contribution is 2.41. The van der Waals surface area contributed by atoms with E-state index in [1.54, 1.807) is 11.6 Å². The van der Waals surface area contributed by atoms with E-state index in [2.05, 4.69) is 51.4 Å². The van der Waals surface area contributed by atoms with E-state index in [1.807, 2.05) is 19.1 Å². The number of methoxy groups -OCH3 is 1. The summed E-state index contributed by atoms with van der Waals surface area (Å²) in [6, 6.07) is 16.6. The topological polar surface area (TPSA) is 62.9 Å². The van der Waals surface area contributed by atoms with Crippen LogP contribution in [0.2, 0.25) is 0 Å². The van der Waals surface area contributed by atoms with Gasteiger partial charge in [0.2, 0.25) is 10.8 Å². The van der Waals surface area contributed by atoms with Crippen LogP contribution in [0.25, 0.3) is 4.96 Å². The van der Waals surface area contributed by atoms with E-state index in [1.165, 1.54) is 22.5 Å². The molecule has 1 atom stereocenters. The molecule has 0 bridgehead atoms. The summed E-state index contributed by atoms with van der Waals surface area (Å²) in [5.74, 6) is 1.75. The highest BCUT2D eigenvalue weighted by Gasteiger charge is 2.31. The second kappa shape index (κ2) is 7.74. The molecular weight excluding hydrogens is 396 g/mol. The second-order valence-corrected chi connectivity index (χ2v) is 8.54. The average Bonchev–Trinajstić information content (AvgIpc) is 3.33. The summed E-state index contributed by atoms with van der Waals surface area (Å²) in [7, 11) is 1.67. The Morgan fingerprint density at radius 1 is 1.13 bits per heavy atom. The molecule has 7 heteroatoms. The number of thiazole rings is 1. The Hall–Kier alpha value is -2.90. The number of hydrogen-bond acceptors (Lipinski definition) is 6. The monoisotopic (exact) mass is 420 g/mol. The van der Waals surface area contributed by atoms with Crippen LogP contribution >= 0.6 is 11.3 Å². The molecule has 154 valence electrons. The van der Waals surface area contributed by atoms with Gasteiger partial charge >= 0.3 is 0 Å². The van der Waals surface area contributed by atoms with Gasteiger partial charge in [-0.05, 0) is 35.2 Å². The minimum absolute atomic E-state index is 0.0807. The molecular formula is C23H24N4O2S. The fraction of sp³-hybridized carbons (Fsp3) is 0.304. The molecule has 0 amide bonds. The fourth-order valence-corrected chi connectivity index (χ4v) is 5.31. The lowest BCUT2D eigenvalue weighted by molar-refractivity contribution is 0.205. The summed E-state index contributed by atoms with van der Waals surface area (Å²) in [6.07, 6.45) is 1.73. The van der Waals surface area contributed by atoms with Crippen molar-refractivity contribution in [3.63, 3.8) is 0 Å². The molecule has 0 spiro atoms. The van der Waals surface area contributed by atoms with Crippen LogP contribution < -0.4 is 4.74 Å². The zero-order chi connectivity index (χ0) is 20.7. The normalized spacial score (nSPS) is 15.3. The summed E-state index contributed by atoms with van der Waals surface area (Å²) in [6.45, 7) is 3.77. The smallest absolute Gasteiger partial charge is 0.230 e. The first-order valence-corrected chi connectivity index (χ1v) is 11.0. The Morgan fingerprint density at radius 3 is 2.60 bits per heavy atom. The van der Waals surface area contributed by atoms with Crippen molar-refractivity contribution in [1.82, 2.24) is 19.5 Å². The van der Waals surface area contributed by atoms with Crippen LogP contribution in [0, 0.1) is 0 Å². The number of ether oxygens (including phenoxy) is 1. The number of hydrogen-bond donors (Lipinski definition) is 1. The summed E-state index contributed by atoms with van der Waals surface area (Å²) < 4.78 is 6.92. The largest absolute Gasteiger partial charge is 0.497 e. The molecule has 1 N–H and O–H groups in total. The van der Waals surface area contributed by atoms with E-state index in [0.717, 1.165) is 52.9 Å². The molecule has 2 aromatic heterocycles. The first-order valence-electron chi connectivity index (χ1n) is 10.2. The molecule has 30 heavy (non-hydrogen) atoms. The number of aromatic hydroxyl groups is 1. The van der Waals surface area contributed by atoms with Gasteiger partial charge in [0.15, 0.2) is 5.82 Å². The van der Waals surface area contributed by atoms with Crippen molar-refractivity contribution in [3.8, 4) is 11.6 Å². The van der Waals surface area contributed by atoms with Gasteiger partial charge in [-0.1, -0.05) is 54.7 Å². The van der Waals surface area contributed by atoms with Gasteiger partial charge in [0.25, 0.3) is 0 Å². The Labute approximate surface area is 179 Å². The molecule has 4 aromatic rings. The van der Waals surface area contributed by atoms with E-state index in [9.17, 15) is 5.11 Å². The fourth-order valence-electron chi connectivity index (χ4n) is 4.17. The minimum atomic E-state index is -0.0807. The molecule has 3 heterocycles. The lowest BCUT2D eigenvalue weighted by Gasteiger charge is -2.35. The summed E-state index contributed by atoms with van der Waals surface area (Å²) in [5.41, 5.74) is 3.86. The number of rotatable bonds is 5. The molecule has 0 fully saturated rings. The molecule has 0 unspecified atom stereocenters. The van der Waals surface area contributed by atoms with Crippen molar-refractivity contribution in [2.45, 2.75) is 32.4 Å². The summed E-state index contributed by atoms with van der Waals surface area (Å²) in [5, 5.41) is 15.5. The highest BCUT2D eigenvalue weighted by molar-refractivity contribution is 7.17. The lowest BCUT2D eigenvalue weighted by Crippen LogP contribution is -2.34. The van der Waals surface area contributed by atoms with Crippen LogP contribution in [-0.4, -0.2) is 38.3 Å². The third-order valence-corrected chi connectivity index (χ3v) is 6.84. The molecule has 6 nitrogen and oxygen atoms in total. The number of fused-ring (bicyclic) bond motifs is 2. The van der Waals surface area contributed by atoms with E-state index < -0.39 is 0 Å². The standard InChI is InChI=1S/C23H24N4O2S/c1-3-19-24-23-27(25-19)22(28)21(30-23)20(16-8-10-18(29-2)11-9-16)26-13-12-15-6-4-5-7-17(15)14-26/h4-11,20,28H,3,12-14H2,1-2H3/t20-/m0/s1. The van der Waals surface area contributed by atoms with Gasteiger partial charge in [-0.15, -0.1) is 5.10 Å². The van der Waals surface area contributed by atoms with Crippen LogP contribution in [0.5, 0.6) is 11.6 Å². The Bertz CT molecular complexity index is 1180. The minimum Gasteiger partial charge on any atom is -0.497 e. The van der Waals surface area contributed by atoms with Gasteiger partial charge in [-0.25, -0.2) is 4.98 Å². The van der Waals surface area contributed by atoms with Gasteiger partial charge < -0.3 is 9.84 Å². The first kappa shape index (κ1) is 19.1. The number of aromatic nitrogens is 3. The third kappa shape index (κ3) is 3.24. The maximum Gasteiger partial charge on any atom is 0.230 e. The van der Waals surface area contributed by atoms with Crippen LogP contribution in [-0.2, 0) is 19.4 Å². The number of aryl methyl sites for hydroxylation is 1. The molecule has 0 radical (unpaired) electrons. The molecule has 1 aliphatic rings. The van der Waals surface area contributed by atoms with Crippen LogP contribution in [0.3, 0.4) is 0 Å². The van der Waals surface area contributed by atoms with Crippen molar-refractivity contribution in [3.05, 3.63) is 75.9 Å². The summed E-state index contributed by atoms with van der Waals surface area (Å²) in [4.78, 5) is 8.60. The van der Waals surface area contributed by atoms with Gasteiger partial charge in [0.1, 0.15) is 5.75 Å². The maximum absolute atomic E-state index is 11.1. The van der Waals surface area contributed by atoms with E-state index in [-0.39, 0.29) is 11.9 Å². The first-order chi connectivity index (χ1) is 14.7. The zero-order valence-corrected chi connectivity index (χ0v) is 17.9. The van der Waals surface area contributed by atoms with Crippen molar-refractivity contribution in [1.29, 1.82) is 0 Å². The Kier molecular flexibility index (Phi) is 4.92. The quantitative estimate of drug-likeness (QED) is 0.524. The Balaban J connectivity index is 1.60. The predicted octanol–water partition coefficient (Wildman–Crippen LogP) is 4.22. The SMILES string of the molecule is CCc1nc2sc([C@H](c3ccc(OC)cc3)N3CCc4ccccc4C3)c(O)n2n1. The lowest BCUT2D eigenvalue weighted by atomic mass is 9.95. The molecule has 1 aliphatic heterocycles. The van der Waals surface area contributed by atoms with Crippen molar-refractivity contribution < 1.29 is 9.84 Å². The van der Waals surface area contributed by atoms with E-state index >= 15 is 0 Å². The second-order valence-electron chi connectivity index (χ2n) is 7.53. The van der Waals surface area contributed by atoms with Gasteiger partial charge in [-0.2, -0.15) is 4.52 Å². The van der Waals surface area contributed by atoms with Crippen molar-refractivity contribution >= 4 is 16.3 Å². The predicted molar refractivity (Wildman–Crippen MR) is 117 cm³/mol. The zero-order valence-electron chi connectivity index (χ0n) is 17.1. The van der Waals surface area contributed by atoms with Crippen LogP contribution in [0.15, 0.2) is 48.5 Å². The van der Waals surface area contributed by atoms with E-state index in [4.69, 9.17) is 4.74 Å². The Morgan fingerprint density at radius 2 is 1.90 bits per heavy atom. The van der Waals surface area contributed by atoms with Gasteiger partial charge in [-0.3, -0.25) is 4.90 Å². The van der Waals surface area contributed by atoms with Crippen LogP contribution in [0.1, 0.15) is 40.4 Å². The number of benzene rings is 2. The number of nitrogens with zero attached hydrogens (tertiary/aromatic N) is 4.